The van der Waals surface area contributed by atoms with Crippen molar-refractivity contribution in [2.24, 2.45) is 0 Å². The van der Waals surface area contributed by atoms with Gasteiger partial charge in [-0.05, 0) is 13.0 Å². The maximum absolute atomic E-state index is 9.17. The van der Waals surface area contributed by atoms with Crippen molar-refractivity contribution in [2.75, 3.05) is 24.1 Å². The number of halogens is 1. The van der Waals surface area contributed by atoms with Gasteiger partial charge in [0.05, 0.1) is 12.2 Å². The largest absolute Gasteiger partial charge is 0.389 e. The van der Waals surface area contributed by atoms with Crippen LogP contribution in [0.15, 0.2) is 0 Å². The molecule has 1 rings (SSSR count). The molecule has 2 N–H and O–H groups in total. The molecule has 1 saturated heterocycles. The van der Waals surface area contributed by atoms with Gasteiger partial charge in [-0.25, -0.2) is 0 Å². The van der Waals surface area contributed by atoms with E-state index in [1.165, 1.54) is 0 Å². The van der Waals surface area contributed by atoms with Crippen molar-refractivity contribution >= 4 is 22.6 Å². The van der Waals surface area contributed by atoms with E-state index in [1.54, 1.807) is 0 Å². The van der Waals surface area contributed by atoms with Crippen molar-refractivity contribution in [3.63, 3.8) is 0 Å². The Labute approximate surface area is 80.5 Å². The molecule has 1 heterocycles. The van der Waals surface area contributed by atoms with Crippen LogP contribution in [0.1, 0.15) is 6.42 Å². The molecule has 11 heavy (non-hydrogen) atoms. The summed E-state index contributed by atoms with van der Waals surface area (Å²) in [5.74, 6) is 0. The lowest BCUT2D eigenvalue weighted by Crippen LogP contribution is -2.23. The molecule has 0 spiro atoms. The molecule has 2 atom stereocenters. The highest BCUT2D eigenvalue weighted by atomic mass is 127. The molecular weight excluding hydrogens is 257 g/mol. The second-order valence-electron chi connectivity index (χ2n) is 2.94. The number of aliphatic hydroxyl groups is 2. The lowest BCUT2D eigenvalue weighted by molar-refractivity contribution is 0.0572. The molecule has 66 valence electrons. The summed E-state index contributed by atoms with van der Waals surface area (Å²) in [6.07, 6.45) is 0.0911. The lowest BCUT2D eigenvalue weighted by atomic mass is 10.3. The van der Waals surface area contributed by atoms with Crippen LogP contribution in [0.2, 0.25) is 0 Å². The summed E-state index contributed by atoms with van der Waals surface area (Å²) in [5.41, 5.74) is 0. The number of alkyl halides is 1. The number of hydrogen-bond donors (Lipinski definition) is 2. The van der Waals surface area contributed by atoms with E-state index in [4.69, 9.17) is 0 Å². The minimum absolute atomic E-state index is 0.524. The second-order valence-corrected chi connectivity index (χ2v) is 4.02. The highest BCUT2D eigenvalue weighted by Gasteiger charge is 2.28. The molecule has 4 heteroatoms. The zero-order chi connectivity index (χ0) is 8.27. The molecule has 0 bridgehead atoms. The van der Waals surface area contributed by atoms with E-state index in [0.29, 0.717) is 13.1 Å². The summed E-state index contributed by atoms with van der Waals surface area (Å²) < 4.78 is 1.14. The van der Waals surface area contributed by atoms with E-state index in [1.807, 2.05) is 0 Å². The van der Waals surface area contributed by atoms with E-state index in [9.17, 15) is 10.2 Å². The van der Waals surface area contributed by atoms with Crippen LogP contribution < -0.4 is 0 Å². The van der Waals surface area contributed by atoms with Crippen molar-refractivity contribution in [1.82, 2.24) is 4.90 Å². The van der Waals surface area contributed by atoms with Gasteiger partial charge in [-0.15, -0.1) is 0 Å². The van der Waals surface area contributed by atoms with Crippen LogP contribution in [-0.4, -0.2) is 51.4 Å². The molecule has 0 radical (unpaired) electrons. The van der Waals surface area contributed by atoms with Crippen LogP contribution in [0, 0.1) is 0 Å². The first-order valence-electron chi connectivity index (χ1n) is 3.88. The zero-order valence-corrected chi connectivity index (χ0v) is 8.57. The van der Waals surface area contributed by atoms with Gasteiger partial charge >= 0.3 is 0 Å². The Kier molecular flexibility index (Phi) is 4.05. The second kappa shape index (κ2) is 4.59. The fourth-order valence-electron chi connectivity index (χ4n) is 1.31. The third-order valence-corrected chi connectivity index (χ3v) is 2.71. The van der Waals surface area contributed by atoms with E-state index in [-0.39, 0.29) is 0 Å². The molecule has 3 nitrogen and oxygen atoms in total. The van der Waals surface area contributed by atoms with Crippen molar-refractivity contribution in [1.29, 1.82) is 0 Å². The first kappa shape index (κ1) is 9.70. The summed E-state index contributed by atoms with van der Waals surface area (Å²) in [7, 11) is 0. The van der Waals surface area contributed by atoms with E-state index >= 15 is 0 Å². The average Bonchev–Trinajstić information content (AvgIpc) is 2.28. The topological polar surface area (TPSA) is 43.7 Å². The van der Waals surface area contributed by atoms with Crippen LogP contribution >= 0.6 is 22.6 Å². The minimum atomic E-state index is -0.524. The highest BCUT2D eigenvalue weighted by Crippen LogP contribution is 2.10. The van der Waals surface area contributed by atoms with Crippen molar-refractivity contribution in [3.8, 4) is 0 Å². The SMILES string of the molecule is OC1CN(CCCI)CC1O. The van der Waals surface area contributed by atoms with Gasteiger partial charge in [0.2, 0.25) is 0 Å². The Hall–Kier alpha value is 0.610. The van der Waals surface area contributed by atoms with E-state index in [2.05, 4.69) is 27.5 Å². The zero-order valence-electron chi connectivity index (χ0n) is 6.41. The van der Waals surface area contributed by atoms with Crippen LogP contribution in [0.4, 0.5) is 0 Å². The smallest absolute Gasteiger partial charge is 0.0938 e. The fraction of sp³-hybridized carbons (Fsp3) is 1.00. The van der Waals surface area contributed by atoms with Crippen LogP contribution in [0.5, 0.6) is 0 Å². The van der Waals surface area contributed by atoms with Crippen LogP contribution in [-0.2, 0) is 0 Å². The first-order valence-corrected chi connectivity index (χ1v) is 5.41. The summed E-state index contributed by atoms with van der Waals surface area (Å²) >= 11 is 2.33. The van der Waals surface area contributed by atoms with E-state index in [0.717, 1.165) is 17.4 Å². The monoisotopic (exact) mass is 271 g/mol. The molecule has 0 saturated carbocycles. The number of rotatable bonds is 3. The third kappa shape index (κ3) is 2.85. The molecule has 1 aliphatic heterocycles. The molecule has 0 aromatic rings. The molecule has 0 amide bonds. The quantitative estimate of drug-likeness (QED) is 0.554. The number of likely N-dealkylation sites (tertiary alicyclic amines) is 1. The van der Waals surface area contributed by atoms with Crippen LogP contribution in [0.3, 0.4) is 0 Å². The Morgan fingerprint density at radius 3 is 2.27 bits per heavy atom. The molecule has 0 aromatic heterocycles. The Balaban J connectivity index is 2.18. The summed E-state index contributed by atoms with van der Waals surface area (Å²) in [5, 5.41) is 18.3. The summed E-state index contributed by atoms with van der Waals surface area (Å²) in [4.78, 5) is 2.11. The molecule has 0 aromatic carbocycles. The predicted molar refractivity (Wildman–Crippen MR) is 52.0 cm³/mol. The van der Waals surface area contributed by atoms with Gasteiger partial charge in [-0.2, -0.15) is 0 Å². The first-order chi connectivity index (χ1) is 5.24. The molecule has 2 unspecified atom stereocenters. The number of hydrogen-bond acceptors (Lipinski definition) is 3. The molecular formula is C7H14INO2. The van der Waals surface area contributed by atoms with Gasteiger partial charge < -0.3 is 10.2 Å². The van der Waals surface area contributed by atoms with Gasteiger partial charge in [0.15, 0.2) is 0 Å². The third-order valence-electron chi connectivity index (χ3n) is 1.94. The van der Waals surface area contributed by atoms with Gasteiger partial charge in [0, 0.05) is 17.5 Å². The van der Waals surface area contributed by atoms with Gasteiger partial charge in [-0.3, -0.25) is 4.90 Å². The minimum Gasteiger partial charge on any atom is -0.389 e. The normalized spacial score (nSPS) is 33.0. The van der Waals surface area contributed by atoms with Gasteiger partial charge in [0.1, 0.15) is 0 Å². The standard InChI is InChI=1S/C7H14INO2/c8-2-1-3-9-4-6(10)7(11)5-9/h6-7,10-11H,1-5H2. The molecule has 1 aliphatic rings. The Morgan fingerprint density at radius 2 is 1.82 bits per heavy atom. The highest BCUT2D eigenvalue weighted by molar-refractivity contribution is 14.1. The number of nitrogens with zero attached hydrogens (tertiary/aromatic N) is 1. The Bertz CT molecular complexity index is 113. The van der Waals surface area contributed by atoms with Gasteiger partial charge in [0.25, 0.3) is 0 Å². The predicted octanol–water partition coefficient (Wildman–Crippen LogP) is -0.151. The summed E-state index contributed by atoms with van der Waals surface area (Å²) in [6.45, 7) is 2.27. The lowest BCUT2D eigenvalue weighted by Gasteiger charge is -2.12. The Morgan fingerprint density at radius 1 is 1.27 bits per heavy atom. The van der Waals surface area contributed by atoms with Gasteiger partial charge in [-0.1, -0.05) is 22.6 Å². The fourth-order valence-corrected chi connectivity index (χ4v) is 1.65. The van der Waals surface area contributed by atoms with Crippen molar-refractivity contribution < 1.29 is 10.2 Å². The van der Waals surface area contributed by atoms with Crippen molar-refractivity contribution in [3.05, 3.63) is 0 Å². The number of β-amino-alcohol motifs (C(OH)–C–C–N with tert-alkyl or cyclic N) is 2. The van der Waals surface area contributed by atoms with E-state index < -0.39 is 12.2 Å². The van der Waals surface area contributed by atoms with Crippen molar-refractivity contribution in [2.45, 2.75) is 18.6 Å². The number of aliphatic hydroxyl groups excluding tert-OH is 2. The molecule has 0 aliphatic carbocycles. The average molecular weight is 271 g/mol. The maximum atomic E-state index is 9.17. The van der Waals surface area contributed by atoms with Crippen LogP contribution in [0.25, 0.3) is 0 Å². The maximum Gasteiger partial charge on any atom is 0.0938 e. The molecule has 1 fully saturated rings. The summed E-state index contributed by atoms with van der Waals surface area (Å²) in [6, 6.07) is 0.